The third kappa shape index (κ3) is 6.80. The number of hydrogen-bond acceptors (Lipinski definition) is 12. The molecule has 14 nitrogen and oxygen atoms in total. The van der Waals surface area contributed by atoms with Crippen LogP contribution in [0.3, 0.4) is 0 Å². The maximum atomic E-state index is 12.8. The van der Waals surface area contributed by atoms with Crippen molar-refractivity contribution in [1.29, 1.82) is 0 Å². The van der Waals surface area contributed by atoms with Crippen molar-refractivity contribution >= 4 is 63.2 Å². The maximum absolute atomic E-state index is 12.8. The molecule has 1 unspecified atom stereocenters. The minimum absolute atomic E-state index is 0. The van der Waals surface area contributed by atoms with E-state index in [0.717, 1.165) is 26.2 Å². The Morgan fingerprint density at radius 1 is 1.28 bits per heavy atom. The van der Waals surface area contributed by atoms with Crippen molar-refractivity contribution in [3.05, 3.63) is 35.8 Å². The molecule has 0 saturated carbocycles. The van der Waals surface area contributed by atoms with E-state index in [2.05, 4.69) is 25.8 Å². The second-order valence-electron chi connectivity index (χ2n) is 7.14. The van der Waals surface area contributed by atoms with E-state index in [-0.39, 0.29) is 65.0 Å². The molecule has 36 heavy (non-hydrogen) atoms. The second-order valence-corrected chi connectivity index (χ2v) is 11.7. The van der Waals surface area contributed by atoms with Crippen molar-refractivity contribution in [3.8, 4) is 0 Å². The predicted octanol–water partition coefficient (Wildman–Crippen LogP) is -3.35. The van der Waals surface area contributed by atoms with Gasteiger partial charge in [-0.15, -0.1) is 28.6 Å². The molecule has 1 saturated heterocycles. The van der Waals surface area contributed by atoms with Gasteiger partial charge in [-0.25, -0.2) is 9.48 Å². The van der Waals surface area contributed by atoms with Gasteiger partial charge in [0, 0.05) is 28.8 Å². The summed E-state index contributed by atoms with van der Waals surface area (Å²) in [5, 5.41) is 22.5. The van der Waals surface area contributed by atoms with Crippen molar-refractivity contribution < 1.29 is 63.4 Å². The van der Waals surface area contributed by atoms with Gasteiger partial charge in [0.1, 0.15) is 17.1 Å². The summed E-state index contributed by atoms with van der Waals surface area (Å²) in [6, 6.07) is 2.68. The Bertz CT molecular complexity index is 1300. The Morgan fingerprint density at radius 2 is 2.00 bits per heavy atom. The van der Waals surface area contributed by atoms with E-state index in [4.69, 9.17) is 4.55 Å². The maximum Gasteiger partial charge on any atom is 1.00 e. The van der Waals surface area contributed by atoms with Crippen LogP contribution in [0.2, 0.25) is 0 Å². The van der Waals surface area contributed by atoms with Crippen molar-refractivity contribution in [2.45, 2.75) is 27.3 Å². The Labute approximate surface area is 240 Å². The van der Waals surface area contributed by atoms with Crippen LogP contribution in [0, 0.1) is 0 Å². The number of fused-ring (bicyclic) bond motifs is 1. The molecular formula is C17H18N7NaO7S4. The molecule has 19 heteroatoms. The number of pyridine rings is 1. The van der Waals surface area contributed by atoms with E-state index < -0.39 is 39.3 Å². The van der Waals surface area contributed by atoms with E-state index in [1.54, 1.807) is 24.5 Å². The summed E-state index contributed by atoms with van der Waals surface area (Å²) in [7, 11) is -4.38. The molecule has 2 aromatic rings. The number of nitrogens with zero attached hydrogens (tertiary/aromatic N) is 6. The van der Waals surface area contributed by atoms with E-state index in [9.17, 15) is 27.9 Å². The summed E-state index contributed by atoms with van der Waals surface area (Å²) >= 11 is 3.57. The van der Waals surface area contributed by atoms with Gasteiger partial charge in [0.05, 0.1) is 5.75 Å². The van der Waals surface area contributed by atoms with E-state index in [1.165, 1.54) is 23.5 Å². The third-order valence-electron chi connectivity index (χ3n) is 4.75. The molecule has 2 atom stereocenters. The van der Waals surface area contributed by atoms with Crippen LogP contribution in [0.15, 0.2) is 45.8 Å². The number of carboxylic acids is 1. The van der Waals surface area contributed by atoms with Crippen LogP contribution < -0.4 is 34.9 Å². The smallest absolute Gasteiger partial charge is 1.00 e. The van der Waals surface area contributed by atoms with Crippen LogP contribution in [-0.2, 0) is 30.4 Å². The Balaban J connectivity index is 0.00000241. The molecule has 2 amide bonds. The van der Waals surface area contributed by atoms with Gasteiger partial charge in [-0.3, -0.25) is 24.0 Å². The van der Waals surface area contributed by atoms with Crippen LogP contribution >= 0.6 is 35.3 Å². The molecule has 0 radical (unpaired) electrons. The van der Waals surface area contributed by atoms with E-state index in [0.29, 0.717) is 5.57 Å². The molecule has 188 valence electrons. The molecule has 4 heterocycles. The molecule has 0 aromatic carbocycles. The number of tetrazole rings is 1. The molecule has 0 aliphatic carbocycles. The molecule has 0 bridgehead atoms. The number of aromatic nitrogens is 5. The number of aliphatic carboxylic acids is 1. The van der Waals surface area contributed by atoms with Gasteiger partial charge >= 0.3 is 35.5 Å². The Kier molecular flexibility index (Phi) is 9.83. The van der Waals surface area contributed by atoms with E-state index in [1.807, 2.05) is 0 Å². The fourth-order valence-electron chi connectivity index (χ4n) is 3.28. The van der Waals surface area contributed by atoms with Crippen LogP contribution in [0.25, 0.3) is 0 Å². The molecule has 3 N–H and O–H groups in total. The molecular weight excluding hydrogens is 565 g/mol. The Morgan fingerprint density at radius 3 is 2.67 bits per heavy atom. The third-order valence-corrected chi connectivity index (χ3v) is 8.71. The summed E-state index contributed by atoms with van der Waals surface area (Å²) < 4.78 is 32.1. The van der Waals surface area contributed by atoms with Gasteiger partial charge in [-0.1, -0.05) is 11.8 Å². The van der Waals surface area contributed by atoms with Gasteiger partial charge in [-0.05, 0) is 28.1 Å². The predicted molar refractivity (Wildman–Crippen MR) is 126 cm³/mol. The van der Waals surface area contributed by atoms with Gasteiger partial charge in [-0.2, -0.15) is 8.42 Å². The van der Waals surface area contributed by atoms with Crippen molar-refractivity contribution in [3.63, 3.8) is 0 Å². The zero-order valence-electron chi connectivity index (χ0n) is 19.5. The average molecular weight is 584 g/mol. The second kappa shape index (κ2) is 12.2. The van der Waals surface area contributed by atoms with Crippen LogP contribution in [0.4, 0.5) is 0 Å². The monoisotopic (exact) mass is 583 g/mol. The fraction of sp³-hybridized carbons (Fsp3) is 0.353. The normalized spacial score (nSPS) is 19.2. The minimum Gasteiger partial charge on any atom is -1.00 e. The zero-order valence-corrected chi connectivity index (χ0v) is 23.8. The van der Waals surface area contributed by atoms with Crippen LogP contribution in [0.5, 0.6) is 0 Å². The molecule has 2 aliphatic heterocycles. The van der Waals surface area contributed by atoms with Crippen LogP contribution in [-0.4, -0.2) is 94.6 Å². The topological polar surface area (TPSA) is 198 Å². The van der Waals surface area contributed by atoms with Gasteiger partial charge < -0.3 is 11.8 Å². The first kappa shape index (κ1) is 28.9. The zero-order chi connectivity index (χ0) is 25.2. The summed E-state index contributed by atoms with van der Waals surface area (Å²) in [5.41, 5.74) is 0.230. The van der Waals surface area contributed by atoms with Crippen LogP contribution in [0.1, 0.15) is 1.43 Å². The van der Waals surface area contributed by atoms with Crippen molar-refractivity contribution in [2.24, 2.45) is 0 Å². The molecule has 0 spiro atoms. The summed E-state index contributed by atoms with van der Waals surface area (Å²) in [6.07, 6.45) is 3.22. The molecule has 2 aromatic heterocycles. The number of thioether (sulfide) groups is 3. The number of carbonyl (C=O) groups excluding carboxylic acids is 2. The fourth-order valence-corrected chi connectivity index (χ4v) is 6.90. The first-order chi connectivity index (χ1) is 16.6. The molecule has 2 aliphatic rings. The minimum atomic E-state index is -4.38. The number of rotatable bonds is 10. The SMILES string of the molecule is O=C(CSc1ccncc1)NC1C(=O)N2C(C(=O)O)=C(CSc3nnnn3CS(=O)(=O)O)CS[C@H]12.[H-].[Na+]. The summed E-state index contributed by atoms with van der Waals surface area (Å²) in [4.78, 5) is 43.0. The molecule has 4 rings (SSSR count). The quantitative estimate of drug-likeness (QED) is 0.109. The number of amides is 2. The van der Waals surface area contributed by atoms with E-state index >= 15 is 0 Å². The first-order valence-electron chi connectivity index (χ1n) is 9.70. The first-order valence-corrected chi connectivity index (χ1v) is 14.3. The Hall–Kier alpha value is -1.67. The number of hydrogen-bond donors (Lipinski definition) is 3. The number of carboxylic acid groups (broad SMARTS) is 1. The number of β-lactam (4-membered cyclic amide) rings is 1. The van der Waals surface area contributed by atoms with Crippen molar-refractivity contribution in [1.82, 2.24) is 35.4 Å². The standard InChI is InChI=1S/C17H17N7O7S4.Na.H/c25-11(7-32-10-1-3-18-4-2-10)19-12-14(26)24-13(16(27)28)9(5-33-15(12)24)6-34-17-20-21-22-23(17)8-35(29,30)31;;/h1-4,12,15H,5-8H2,(H,19,25)(H,27,28)(H,29,30,31);;/q;+1;-1/t12?,15-;;/m1../s1. The average Bonchev–Trinajstić information content (AvgIpc) is 3.24. The largest absolute Gasteiger partial charge is 1.00 e. The molecule has 1 fully saturated rings. The van der Waals surface area contributed by atoms with Crippen molar-refractivity contribution in [2.75, 3.05) is 17.3 Å². The number of nitrogens with one attached hydrogen (secondary N) is 1. The van der Waals surface area contributed by atoms with Gasteiger partial charge in [0.25, 0.3) is 16.0 Å². The van der Waals surface area contributed by atoms with Gasteiger partial charge in [0.2, 0.25) is 11.1 Å². The number of carbonyl (C=O) groups is 3. The van der Waals surface area contributed by atoms with Gasteiger partial charge in [0.15, 0.2) is 5.88 Å². The summed E-state index contributed by atoms with van der Waals surface area (Å²) in [5.74, 6) is -2.60. The summed E-state index contributed by atoms with van der Waals surface area (Å²) in [6.45, 7) is 0.